The maximum atomic E-state index is 13.9. The van der Waals surface area contributed by atoms with Gasteiger partial charge in [0, 0.05) is 56.0 Å². The van der Waals surface area contributed by atoms with Crippen LogP contribution in [0.4, 0.5) is 0 Å². The summed E-state index contributed by atoms with van der Waals surface area (Å²) in [4.78, 5) is 34.3. The minimum atomic E-state index is -0.254. The zero-order valence-electron chi connectivity index (χ0n) is 23.4. The van der Waals surface area contributed by atoms with Gasteiger partial charge in [0.25, 0.3) is 5.91 Å². The fourth-order valence-corrected chi connectivity index (χ4v) is 4.83. The number of fused-ring (bicyclic) bond motifs is 1. The van der Waals surface area contributed by atoms with Crippen LogP contribution in [0.5, 0.6) is 11.5 Å². The number of hydrogen-bond acceptors (Lipinski definition) is 5. The van der Waals surface area contributed by atoms with E-state index in [1.54, 1.807) is 42.2 Å². The number of benzene rings is 3. The van der Waals surface area contributed by atoms with Gasteiger partial charge in [0.1, 0.15) is 18.0 Å². The van der Waals surface area contributed by atoms with Crippen molar-refractivity contribution in [3.63, 3.8) is 0 Å². The van der Waals surface area contributed by atoms with E-state index in [9.17, 15) is 9.59 Å². The van der Waals surface area contributed by atoms with Gasteiger partial charge in [-0.05, 0) is 42.7 Å². The smallest absolute Gasteiger partial charge is 0.258 e. The maximum Gasteiger partial charge on any atom is 0.258 e. The summed E-state index contributed by atoms with van der Waals surface area (Å²) in [5.74, 6) is 0.790. The van der Waals surface area contributed by atoms with Gasteiger partial charge in [-0.25, -0.2) is 0 Å². The molecule has 40 heavy (non-hydrogen) atoms. The Hall–Kier alpha value is -4.30. The molecule has 0 aliphatic rings. The highest BCUT2D eigenvalue weighted by Crippen LogP contribution is 2.23. The van der Waals surface area contributed by atoms with Gasteiger partial charge in [0.2, 0.25) is 5.91 Å². The number of methoxy groups -OCH3 is 3. The standard InChI is InChI=1S/C32H37N3O5/c1-38-20-10-18-35(32(37)27-13-6-9-16-30(27)40-3)23-31(36)34(22-25-11-4-8-15-29(25)39-2)19-17-24-21-33-28-14-7-5-12-26(24)28/h4-9,11-16,21,33H,10,17-20,22-23H2,1-3H3. The minimum Gasteiger partial charge on any atom is -0.496 e. The fraction of sp³-hybridized carbons (Fsp3) is 0.312. The van der Waals surface area contributed by atoms with Crippen LogP contribution in [0.1, 0.15) is 27.9 Å². The number of para-hydroxylation sites is 3. The lowest BCUT2D eigenvalue weighted by molar-refractivity contribution is -0.132. The Morgan fingerprint density at radius 3 is 2.25 bits per heavy atom. The molecule has 1 heterocycles. The Bertz CT molecular complexity index is 1420. The minimum absolute atomic E-state index is 0.0658. The van der Waals surface area contributed by atoms with E-state index in [1.807, 2.05) is 54.7 Å². The summed E-state index contributed by atoms with van der Waals surface area (Å²) in [6.07, 6.45) is 3.26. The monoisotopic (exact) mass is 543 g/mol. The Kier molecular flexibility index (Phi) is 10.2. The predicted molar refractivity (Wildman–Crippen MR) is 156 cm³/mol. The van der Waals surface area contributed by atoms with E-state index in [4.69, 9.17) is 14.2 Å². The van der Waals surface area contributed by atoms with Crippen molar-refractivity contribution in [1.29, 1.82) is 0 Å². The molecule has 1 N–H and O–H groups in total. The largest absolute Gasteiger partial charge is 0.496 e. The molecule has 0 aliphatic heterocycles. The Balaban J connectivity index is 1.59. The van der Waals surface area contributed by atoms with Gasteiger partial charge in [-0.1, -0.05) is 48.5 Å². The average molecular weight is 544 g/mol. The summed E-state index contributed by atoms with van der Waals surface area (Å²) in [5, 5.41) is 1.14. The third kappa shape index (κ3) is 7.01. The van der Waals surface area contributed by atoms with Crippen molar-refractivity contribution >= 4 is 22.7 Å². The molecule has 0 aliphatic carbocycles. The first-order valence-electron chi connectivity index (χ1n) is 13.4. The summed E-state index contributed by atoms with van der Waals surface area (Å²) >= 11 is 0. The Morgan fingerprint density at radius 2 is 1.48 bits per heavy atom. The predicted octanol–water partition coefficient (Wildman–Crippen LogP) is 4.94. The van der Waals surface area contributed by atoms with Gasteiger partial charge in [0.05, 0.1) is 19.8 Å². The molecule has 8 nitrogen and oxygen atoms in total. The summed E-state index contributed by atoms with van der Waals surface area (Å²) in [7, 11) is 4.78. The van der Waals surface area contributed by atoms with Crippen LogP contribution in [0.15, 0.2) is 79.0 Å². The molecule has 210 valence electrons. The van der Waals surface area contributed by atoms with Gasteiger partial charge < -0.3 is 29.0 Å². The van der Waals surface area contributed by atoms with Crippen molar-refractivity contribution in [2.45, 2.75) is 19.4 Å². The SMILES string of the molecule is COCCCN(CC(=O)N(CCc1c[nH]c2ccccc12)Cc1ccccc1OC)C(=O)c1ccccc1OC. The number of nitrogens with one attached hydrogen (secondary N) is 1. The van der Waals surface area contributed by atoms with E-state index in [-0.39, 0.29) is 18.4 Å². The topological polar surface area (TPSA) is 84.1 Å². The molecule has 3 aromatic carbocycles. The number of carbonyl (C=O) groups excluding carboxylic acids is 2. The summed E-state index contributed by atoms with van der Waals surface area (Å²) in [6.45, 7) is 1.63. The number of nitrogens with zero attached hydrogens (tertiary/aromatic N) is 2. The second-order valence-electron chi connectivity index (χ2n) is 9.51. The fourth-order valence-electron chi connectivity index (χ4n) is 4.83. The lowest BCUT2D eigenvalue weighted by Gasteiger charge is -2.28. The third-order valence-electron chi connectivity index (χ3n) is 6.96. The summed E-state index contributed by atoms with van der Waals surface area (Å²) < 4.78 is 16.2. The molecule has 8 heteroatoms. The zero-order chi connectivity index (χ0) is 28.3. The van der Waals surface area contributed by atoms with E-state index in [0.717, 1.165) is 27.8 Å². The molecule has 0 unspecified atom stereocenters. The van der Waals surface area contributed by atoms with Crippen LogP contribution in [0.3, 0.4) is 0 Å². The van der Waals surface area contributed by atoms with E-state index < -0.39 is 0 Å². The molecule has 0 atom stereocenters. The molecule has 0 saturated carbocycles. The molecule has 2 amide bonds. The molecule has 1 aromatic heterocycles. The zero-order valence-corrected chi connectivity index (χ0v) is 23.4. The van der Waals surface area contributed by atoms with Gasteiger partial charge in [0.15, 0.2) is 0 Å². The van der Waals surface area contributed by atoms with E-state index in [0.29, 0.717) is 50.4 Å². The molecule has 4 aromatic rings. The van der Waals surface area contributed by atoms with Gasteiger partial charge in [-0.3, -0.25) is 9.59 Å². The molecule has 0 fully saturated rings. The Labute approximate surface area is 235 Å². The van der Waals surface area contributed by atoms with Crippen LogP contribution < -0.4 is 9.47 Å². The van der Waals surface area contributed by atoms with Crippen LogP contribution in [-0.2, 0) is 22.5 Å². The number of carbonyl (C=O) groups is 2. The third-order valence-corrected chi connectivity index (χ3v) is 6.96. The number of rotatable bonds is 14. The lowest BCUT2D eigenvalue weighted by atomic mass is 10.1. The van der Waals surface area contributed by atoms with E-state index >= 15 is 0 Å². The Morgan fingerprint density at radius 1 is 0.775 bits per heavy atom. The van der Waals surface area contributed by atoms with Crippen LogP contribution in [0, 0.1) is 0 Å². The normalized spacial score (nSPS) is 10.9. The average Bonchev–Trinajstić information content (AvgIpc) is 3.41. The first kappa shape index (κ1) is 28.7. The highest BCUT2D eigenvalue weighted by Gasteiger charge is 2.25. The van der Waals surface area contributed by atoms with E-state index in [1.165, 1.54) is 7.11 Å². The number of hydrogen-bond donors (Lipinski definition) is 1. The first-order valence-corrected chi connectivity index (χ1v) is 13.4. The van der Waals surface area contributed by atoms with Crippen LogP contribution in [0.2, 0.25) is 0 Å². The lowest BCUT2D eigenvalue weighted by Crippen LogP contribution is -2.44. The van der Waals surface area contributed by atoms with Crippen LogP contribution >= 0.6 is 0 Å². The molecule has 0 saturated heterocycles. The van der Waals surface area contributed by atoms with Crippen molar-refractivity contribution in [3.05, 3.63) is 95.7 Å². The highest BCUT2D eigenvalue weighted by molar-refractivity contribution is 5.98. The number of aromatic nitrogens is 1. The summed E-state index contributed by atoms with van der Waals surface area (Å²) in [5.41, 5.74) is 3.52. The second-order valence-corrected chi connectivity index (χ2v) is 9.51. The maximum absolute atomic E-state index is 13.9. The highest BCUT2D eigenvalue weighted by atomic mass is 16.5. The van der Waals surface area contributed by atoms with Gasteiger partial charge in [-0.15, -0.1) is 0 Å². The van der Waals surface area contributed by atoms with Crippen molar-refractivity contribution in [2.24, 2.45) is 0 Å². The number of ether oxygens (including phenoxy) is 3. The second kappa shape index (κ2) is 14.2. The molecule has 0 bridgehead atoms. The molecular formula is C32H37N3O5. The number of aromatic amines is 1. The van der Waals surface area contributed by atoms with Crippen molar-refractivity contribution in [2.75, 3.05) is 47.6 Å². The first-order chi connectivity index (χ1) is 19.5. The van der Waals surface area contributed by atoms with Crippen molar-refractivity contribution < 1.29 is 23.8 Å². The summed E-state index contributed by atoms with van der Waals surface area (Å²) in [6, 6.07) is 22.9. The molecule has 4 rings (SSSR count). The van der Waals surface area contributed by atoms with Crippen molar-refractivity contribution in [3.8, 4) is 11.5 Å². The van der Waals surface area contributed by atoms with Gasteiger partial charge in [-0.2, -0.15) is 0 Å². The van der Waals surface area contributed by atoms with E-state index in [2.05, 4.69) is 11.1 Å². The molecule has 0 spiro atoms. The van der Waals surface area contributed by atoms with Crippen LogP contribution in [0.25, 0.3) is 10.9 Å². The van der Waals surface area contributed by atoms with Crippen LogP contribution in [-0.4, -0.2) is 74.2 Å². The quantitative estimate of drug-likeness (QED) is 0.228. The van der Waals surface area contributed by atoms with Gasteiger partial charge >= 0.3 is 0 Å². The number of amides is 2. The van der Waals surface area contributed by atoms with Crippen molar-refractivity contribution in [1.82, 2.24) is 14.8 Å². The molecule has 0 radical (unpaired) electrons. The number of H-pyrrole nitrogens is 1. The molecular weight excluding hydrogens is 506 g/mol.